The van der Waals surface area contributed by atoms with Crippen molar-refractivity contribution in [3.05, 3.63) is 108 Å². The molecule has 3 amide bonds. The van der Waals surface area contributed by atoms with E-state index in [1.54, 1.807) is 23.1 Å². The molecule has 34 heavy (non-hydrogen) atoms. The minimum Gasteiger partial charge on any atom is -0.352 e. The molecule has 0 atom stereocenters. The maximum atomic E-state index is 13.4. The molecule has 4 aromatic carbocycles. The summed E-state index contributed by atoms with van der Waals surface area (Å²) in [5, 5.41) is 7.88. The first kappa shape index (κ1) is 23.0. The van der Waals surface area contributed by atoms with Crippen molar-refractivity contribution in [3.8, 4) is 0 Å². The Balaban J connectivity index is 1.38. The Labute approximate surface area is 198 Å². The van der Waals surface area contributed by atoms with E-state index in [0.717, 1.165) is 16.3 Å². The summed E-state index contributed by atoms with van der Waals surface area (Å²) in [6.07, 6.45) is 0.526. The van der Waals surface area contributed by atoms with Gasteiger partial charge in [-0.15, -0.1) is 0 Å². The third kappa shape index (κ3) is 5.78. The van der Waals surface area contributed by atoms with Gasteiger partial charge in [0.15, 0.2) is 0 Å². The number of rotatable bonds is 7. The summed E-state index contributed by atoms with van der Waals surface area (Å²) in [5.41, 5.74) is 2.93. The number of nitrogens with zero attached hydrogens (tertiary/aromatic N) is 1. The lowest BCUT2D eigenvalue weighted by Gasteiger charge is -2.23. The van der Waals surface area contributed by atoms with E-state index in [2.05, 4.69) is 10.6 Å². The van der Waals surface area contributed by atoms with Gasteiger partial charge in [-0.3, -0.25) is 9.69 Å². The zero-order valence-corrected chi connectivity index (χ0v) is 18.9. The highest BCUT2D eigenvalue weighted by atomic mass is 19.1. The number of fused-ring (bicyclic) bond motifs is 1. The second-order valence-electron chi connectivity index (χ2n) is 8.10. The largest absolute Gasteiger partial charge is 0.352 e. The van der Waals surface area contributed by atoms with E-state index in [1.807, 2.05) is 67.6 Å². The van der Waals surface area contributed by atoms with Crippen LogP contribution in [0.4, 0.5) is 20.6 Å². The SMILES string of the molecule is Cc1ccc(NC(=O)N(CCCNC(=O)c2ccc3ccccc3c2)c2ccc(F)cc2)cc1. The van der Waals surface area contributed by atoms with Crippen molar-refractivity contribution in [3.63, 3.8) is 0 Å². The van der Waals surface area contributed by atoms with Crippen molar-refractivity contribution in [2.24, 2.45) is 0 Å². The van der Waals surface area contributed by atoms with Crippen molar-refractivity contribution < 1.29 is 14.0 Å². The number of carbonyl (C=O) groups is 2. The molecule has 0 saturated carbocycles. The Morgan fingerprint density at radius 2 is 1.56 bits per heavy atom. The van der Waals surface area contributed by atoms with E-state index in [0.29, 0.717) is 36.4 Å². The van der Waals surface area contributed by atoms with Gasteiger partial charge in [0.1, 0.15) is 5.82 Å². The van der Waals surface area contributed by atoms with Crippen LogP contribution in [0, 0.1) is 12.7 Å². The Morgan fingerprint density at radius 3 is 2.29 bits per heavy atom. The maximum absolute atomic E-state index is 13.4. The van der Waals surface area contributed by atoms with Crippen LogP contribution in [0.5, 0.6) is 0 Å². The van der Waals surface area contributed by atoms with Crippen LogP contribution in [-0.4, -0.2) is 25.0 Å². The molecule has 2 N–H and O–H groups in total. The molecule has 4 aromatic rings. The van der Waals surface area contributed by atoms with E-state index < -0.39 is 0 Å². The molecule has 0 spiro atoms. The average Bonchev–Trinajstić information content (AvgIpc) is 2.85. The second kappa shape index (κ2) is 10.6. The third-order valence-corrected chi connectivity index (χ3v) is 5.54. The van der Waals surface area contributed by atoms with Gasteiger partial charge in [-0.25, -0.2) is 9.18 Å². The smallest absolute Gasteiger partial charge is 0.326 e. The number of benzene rings is 4. The lowest BCUT2D eigenvalue weighted by Crippen LogP contribution is -2.37. The van der Waals surface area contributed by atoms with Gasteiger partial charge in [-0.05, 0) is 72.6 Å². The van der Waals surface area contributed by atoms with Gasteiger partial charge in [0, 0.05) is 30.0 Å². The van der Waals surface area contributed by atoms with Crippen molar-refractivity contribution in [1.29, 1.82) is 0 Å². The van der Waals surface area contributed by atoms with Crippen LogP contribution >= 0.6 is 0 Å². The number of aryl methyl sites for hydroxylation is 1. The molecule has 0 aliphatic rings. The molecule has 0 saturated heterocycles. The predicted octanol–water partition coefficient (Wildman–Crippen LogP) is 6.15. The Morgan fingerprint density at radius 1 is 0.853 bits per heavy atom. The van der Waals surface area contributed by atoms with Crippen molar-refractivity contribution in [2.75, 3.05) is 23.3 Å². The highest BCUT2D eigenvalue weighted by Crippen LogP contribution is 2.18. The first-order chi connectivity index (χ1) is 16.5. The van der Waals surface area contributed by atoms with E-state index >= 15 is 0 Å². The van der Waals surface area contributed by atoms with E-state index in [9.17, 15) is 14.0 Å². The quantitative estimate of drug-likeness (QED) is 0.329. The fraction of sp³-hybridized carbons (Fsp3) is 0.143. The molecule has 0 aliphatic heterocycles. The molecule has 172 valence electrons. The second-order valence-corrected chi connectivity index (χ2v) is 8.10. The Hall–Kier alpha value is -4.19. The van der Waals surface area contributed by atoms with Gasteiger partial charge >= 0.3 is 6.03 Å². The lowest BCUT2D eigenvalue weighted by molar-refractivity contribution is 0.0953. The number of amides is 3. The highest BCUT2D eigenvalue weighted by Gasteiger charge is 2.16. The summed E-state index contributed by atoms with van der Waals surface area (Å²) in [4.78, 5) is 27.1. The summed E-state index contributed by atoms with van der Waals surface area (Å²) < 4.78 is 13.4. The molecule has 0 bridgehead atoms. The van der Waals surface area contributed by atoms with Crippen LogP contribution < -0.4 is 15.5 Å². The number of hydrogen-bond acceptors (Lipinski definition) is 2. The topological polar surface area (TPSA) is 61.4 Å². The molecule has 0 unspecified atom stereocenters. The molecular formula is C28H26FN3O2. The molecular weight excluding hydrogens is 429 g/mol. The van der Waals surface area contributed by atoms with Gasteiger partial charge in [0.2, 0.25) is 0 Å². The molecule has 0 fully saturated rings. The van der Waals surface area contributed by atoms with Crippen LogP contribution in [0.2, 0.25) is 0 Å². The van der Waals surface area contributed by atoms with Gasteiger partial charge in [0.05, 0.1) is 0 Å². The van der Waals surface area contributed by atoms with Crippen molar-refractivity contribution in [1.82, 2.24) is 5.32 Å². The van der Waals surface area contributed by atoms with Crippen LogP contribution in [0.15, 0.2) is 91.0 Å². The first-order valence-corrected chi connectivity index (χ1v) is 11.2. The standard InChI is InChI=1S/C28H26FN3O2/c1-20-7-13-25(14-8-20)31-28(34)32(26-15-11-24(29)12-16-26)18-4-17-30-27(33)23-10-9-21-5-2-3-6-22(21)19-23/h2-3,5-16,19H,4,17-18H2,1H3,(H,30,33)(H,31,34). The predicted molar refractivity (Wildman–Crippen MR) is 135 cm³/mol. The van der Waals surface area contributed by atoms with Gasteiger partial charge in [-0.1, -0.05) is 48.0 Å². The monoisotopic (exact) mass is 455 g/mol. The van der Waals surface area contributed by atoms with Crippen LogP contribution in [0.3, 0.4) is 0 Å². The fourth-order valence-corrected chi connectivity index (χ4v) is 3.67. The molecule has 0 aromatic heterocycles. The van der Waals surface area contributed by atoms with Crippen molar-refractivity contribution in [2.45, 2.75) is 13.3 Å². The minimum absolute atomic E-state index is 0.164. The van der Waals surface area contributed by atoms with E-state index in [4.69, 9.17) is 0 Å². The summed E-state index contributed by atoms with van der Waals surface area (Å²) in [7, 11) is 0. The van der Waals surface area contributed by atoms with E-state index in [-0.39, 0.29) is 17.8 Å². The normalized spacial score (nSPS) is 10.6. The average molecular weight is 456 g/mol. The van der Waals surface area contributed by atoms with Gasteiger partial charge in [0.25, 0.3) is 5.91 Å². The fourth-order valence-electron chi connectivity index (χ4n) is 3.67. The molecule has 0 heterocycles. The Bertz CT molecular complexity index is 1290. The Kier molecular flexibility index (Phi) is 7.18. The third-order valence-electron chi connectivity index (χ3n) is 5.54. The zero-order chi connectivity index (χ0) is 23.9. The molecule has 0 aliphatic carbocycles. The minimum atomic E-state index is -0.370. The lowest BCUT2D eigenvalue weighted by atomic mass is 10.1. The number of nitrogens with one attached hydrogen (secondary N) is 2. The number of anilines is 2. The molecule has 5 nitrogen and oxygen atoms in total. The molecule has 6 heteroatoms. The van der Waals surface area contributed by atoms with Crippen LogP contribution in [0.25, 0.3) is 10.8 Å². The van der Waals surface area contributed by atoms with E-state index in [1.165, 1.54) is 12.1 Å². The number of urea groups is 1. The van der Waals surface area contributed by atoms with Crippen LogP contribution in [0.1, 0.15) is 22.3 Å². The summed E-state index contributed by atoms with van der Waals surface area (Å²) >= 11 is 0. The summed E-state index contributed by atoms with van der Waals surface area (Å²) in [6, 6.07) is 26.4. The van der Waals surface area contributed by atoms with Gasteiger partial charge in [-0.2, -0.15) is 0 Å². The number of halogens is 1. The maximum Gasteiger partial charge on any atom is 0.326 e. The number of hydrogen-bond donors (Lipinski definition) is 2. The summed E-state index contributed by atoms with van der Waals surface area (Å²) in [5.74, 6) is -0.534. The number of carbonyl (C=O) groups excluding carboxylic acids is 2. The van der Waals surface area contributed by atoms with Crippen molar-refractivity contribution >= 4 is 34.1 Å². The first-order valence-electron chi connectivity index (χ1n) is 11.2. The summed E-state index contributed by atoms with van der Waals surface area (Å²) in [6.45, 7) is 2.71. The highest BCUT2D eigenvalue weighted by molar-refractivity contribution is 6.02. The molecule has 4 rings (SSSR count). The zero-order valence-electron chi connectivity index (χ0n) is 18.9. The van der Waals surface area contributed by atoms with Crippen LogP contribution in [-0.2, 0) is 0 Å². The van der Waals surface area contributed by atoms with Gasteiger partial charge < -0.3 is 10.6 Å². The molecule has 0 radical (unpaired) electrons.